The van der Waals surface area contributed by atoms with Crippen LogP contribution < -0.4 is 5.73 Å². The van der Waals surface area contributed by atoms with E-state index in [9.17, 15) is 0 Å². The van der Waals surface area contributed by atoms with Crippen molar-refractivity contribution in [2.75, 3.05) is 7.11 Å². The summed E-state index contributed by atoms with van der Waals surface area (Å²) >= 11 is 0. The summed E-state index contributed by atoms with van der Waals surface area (Å²) in [6.45, 7) is 4.01. The van der Waals surface area contributed by atoms with Crippen LogP contribution in [0.3, 0.4) is 0 Å². The molecule has 17 heavy (non-hydrogen) atoms. The van der Waals surface area contributed by atoms with E-state index in [1.54, 1.807) is 7.11 Å². The summed E-state index contributed by atoms with van der Waals surface area (Å²) in [4.78, 5) is 0. The van der Waals surface area contributed by atoms with E-state index in [1.165, 1.54) is 10.8 Å². The fraction of sp³-hybridized carbons (Fsp3) is 0.333. The van der Waals surface area contributed by atoms with Crippen LogP contribution in [0.25, 0.3) is 10.8 Å². The molecule has 2 rings (SSSR count). The highest BCUT2D eigenvalue weighted by molar-refractivity contribution is 5.83. The van der Waals surface area contributed by atoms with Gasteiger partial charge in [-0.25, -0.2) is 0 Å². The summed E-state index contributed by atoms with van der Waals surface area (Å²) in [7, 11) is 1.70. The fourth-order valence-electron chi connectivity index (χ4n) is 1.93. The lowest BCUT2D eigenvalue weighted by Gasteiger charge is -2.30. The third-order valence-corrected chi connectivity index (χ3v) is 3.41. The quantitative estimate of drug-likeness (QED) is 0.876. The van der Waals surface area contributed by atoms with Gasteiger partial charge in [0.25, 0.3) is 0 Å². The Kier molecular flexibility index (Phi) is 3.18. The number of rotatable bonds is 3. The van der Waals surface area contributed by atoms with Crippen molar-refractivity contribution in [3.63, 3.8) is 0 Å². The lowest BCUT2D eigenvalue weighted by Crippen LogP contribution is -2.37. The molecule has 0 aliphatic heterocycles. The molecule has 2 aromatic carbocycles. The molecule has 2 N–H and O–H groups in total. The predicted octanol–water partition coefficient (Wildman–Crippen LogP) is 3.26. The summed E-state index contributed by atoms with van der Waals surface area (Å²) in [6, 6.07) is 14.5. The van der Waals surface area contributed by atoms with Gasteiger partial charge in [-0.05, 0) is 36.2 Å². The Morgan fingerprint density at radius 2 is 1.71 bits per heavy atom. The van der Waals surface area contributed by atoms with E-state index >= 15 is 0 Å². The molecule has 0 bridgehead atoms. The molecule has 0 aliphatic rings. The summed E-state index contributed by atoms with van der Waals surface area (Å²) in [5, 5.41) is 2.45. The lowest BCUT2D eigenvalue weighted by molar-refractivity contribution is 0.00000258. The summed E-state index contributed by atoms with van der Waals surface area (Å²) in [6.07, 6.45) is 0. The van der Waals surface area contributed by atoms with E-state index in [2.05, 4.69) is 30.3 Å². The van der Waals surface area contributed by atoms with Crippen molar-refractivity contribution in [3.8, 4) is 0 Å². The van der Waals surface area contributed by atoms with E-state index in [0.29, 0.717) is 0 Å². The van der Waals surface area contributed by atoms with Crippen LogP contribution in [0, 0.1) is 0 Å². The molecule has 1 atom stereocenters. The molecule has 0 heterocycles. The van der Waals surface area contributed by atoms with Crippen molar-refractivity contribution in [1.29, 1.82) is 0 Å². The second-order valence-electron chi connectivity index (χ2n) is 4.89. The van der Waals surface area contributed by atoms with Crippen LogP contribution in [0.5, 0.6) is 0 Å². The maximum Gasteiger partial charge on any atom is 0.0814 e. The van der Waals surface area contributed by atoms with Crippen LogP contribution in [-0.4, -0.2) is 12.7 Å². The zero-order chi connectivity index (χ0) is 12.5. The Bertz CT molecular complexity index is 519. The second-order valence-corrected chi connectivity index (χ2v) is 4.89. The van der Waals surface area contributed by atoms with Gasteiger partial charge in [0, 0.05) is 7.11 Å². The zero-order valence-electron chi connectivity index (χ0n) is 10.6. The number of fused-ring (bicyclic) bond motifs is 1. The van der Waals surface area contributed by atoms with E-state index < -0.39 is 0 Å². The minimum Gasteiger partial charge on any atom is -0.377 e. The maximum absolute atomic E-state index is 6.25. The lowest BCUT2D eigenvalue weighted by atomic mass is 9.91. The highest BCUT2D eigenvalue weighted by Crippen LogP contribution is 2.28. The van der Waals surface area contributed by atoms with Crippen LogP contribution in [0.4, 0.5) is 0 Å². The van der Waals surface area contributed by atoms with Crippen LogP contribution in [-0.2, 0) is 4.74 Å². The molecule has 90 valence electrons. The molecule has 0 saturated carbocycles. The Hall–Kier alpha value is -1.38. The molecular weight excluding hydrogens is 210 g/mol. The van der Waals surface area contributed by atoms with E-state index in [0.717, 1.165) is 5.56 Å². The van der Waals surface area contributed by atoms with Crippen molar-refractivity contribution < 1.29 is 4.74 Å². The smallest absolute Gasteiger partial charge is 0.0814 e. The van der Waals surface area contributed by atoms with Crippen LogP contribution >= 0.6 is 0 Å². The Labute approximate surface area is 102 Å². The van der Waals surface area contributed by atoms with Gasteiger partial charge in [0.05, 0.1) is 11.6 Å². The first-order valence-electron chi connectivity index (χ1n) is 5.84. The van der Waals surface area contributed by atoms with Gasteiger partial charge >= 0.3 is 0 Å². The third kappa shape index (κ3) is 2.33. The largest absolute Gasteiger partial charge is 0.377 e. The molecule has 0 aliphatic carbocycles. The van der Waals surface area contributed by atoms with Crippen LogP contribution in [0.15, 0.2) is 42.5 Å². The number of nitrogens with two attached hydrogens (primary N) is 1. The molecule has 0 saturated heterocycles. The average molecular weight is 229 g/mol. The molecule has 0 fully saturated rings. The molecule has 0 amide bonds. The zero-order valence-corrected chi connectivity index (χ0v) is 10.6. The van der Waals surface area contributed by atoms with Crippen molar-refractivity contribution in [2.45, 2.75) is 25.5 Å². The first-order valence-corrected chi connectivity index (χ1v) is 5.84. The van der Waals surface area contributed by atoms with Gasteiger partial charge in [-0.1, -0.05) is 36.4 Å². The van der Waals surface area contributed by atoms with E-state index in [4.69, 9.17) is 10.5 Å². The second kappa shape index (κ2) is 4.47. The van der Waals surface area contributed by atoms with Gasteiger partial charge < -0.3 is 10.5 Å². The number of ether oxygens (including phenoxy) is 1. The SMILES string of the molecule is COC(C)(C)C(N)c1ccc2ccccc2c1. The van der Waals surface area contributed by atoms with Crippen molar-refractivity contribution in [2.24, 2.45) is 5.73 Å². The molecule has 0 aromatic heterocycles. The maximum atomic E-state index is 6.25. The van der Waals surface area contributed by atoms with Crippen molar-refractivity contribution in [1.82, 2.24) is 0 Å². The molecule has 2 heteroatoms. The summed E-state index contributed by atoms with van der Waals surface area (Å²) in [5.41, 5.74) is 7.00. The Balaban J connectivity index is 2.43. The van der Waals surface area contributed by atoms with Gasteiger partial charge in [0.15, 0.2) is 0 Å². The molecule has 0 spiro atoms. The number of benzene rings is 2. The highest BCUT2D eigenvalue weighted by Gasteiger charge is 2.27. The summed E-state index contributed by atoms with van der Waals surface area (Å²) in [5.74, 6) is 0. The highest BCUT2D eigenvalue weighted by atomic mass is 16.5. The average Bonchev–Trinajstić information content (AvgIpc) is 2.37. The van der Waals surface area contributed by atoms with Gasteiger partial charge in [-0.2, -0.15) is 0 Å². The molecule has 1 unspecified atom stereocenters. The number of hydrogen-bond acceptors (Lipinski definition) is 2. The van der Waals surface area contributed by atoms with E-state index in [1.807, 2.05) is 26.0 Å². The van der Waals surface area contributed by atoms with Gasteiger partial charge in [-0.15, -0.1) is 0 Å². The fourth-order valence-corrected chi connectivity index (χ4v) is 1.93. The molecule has 2 nitrogen and oxygen atoms in total. The third-order valence-electron chi connectivity index (χ3n) is 3.41. The first kappa shape index (κ1) is 12.1. The van der Waals surface area contributed by atoms with E-state index in [-0.39, 0.29) is 11.6 Å². The molecule has 2 aromatic rings. The van der Waals surface area contributed by atoms with Crippen molar-refractivity contribution in [3.05, 3.63) is 48.0 Å². The van der Waals surface area contributed by atoms with Gasteiger partial charge in [-0.3, -0.25) is 0 Å². The predicted molar refractivity (Wildman–Crippen MR) is 72.0 cm³/mol. The van der Waals surface area contributed by atoms with Crippen molar-refractivity contribution >= 4 is 10.8 Å². The Morgan fingerprint density at radius 1 is 1.06 bits per heavy atom. The molecular formula is C15H19NO. The summed E-state index contributed by atoms with van der Waals surface area (Å²) < 4.78 is 5.44. The standard InChI is InChI=1S/C15H19NO/c1-15(2,17-3)14(16)13-9-8-11-6-4-5-7-12(11)10-13/h4-10,14H,16H2,1-3H3. The minimum absolute atomic E-state index is 0.128. The monoisotopic (exact) mass is 229 g/mol. The number of methoxy groups -OCH3 is 1. The topological polar surface area (TPSA) is 35.2 Å². The molecule has 0 radical (unpaired) electrons. The van der Waals surface area contributed by atoms with Crippen LogP contribution in [0.1, 0.15) is 25.5 Å². The first-order chi connectivity index (χ1) is 8.04. The minimum atomic E-state index is -0.359. The van der Waals surface area contributed by atoms with Gasteiger partial charge in [0.1, 0.15) is 0 Å². The van der Waals surface area contributed by atoms with Gasteiger partial charge in [0.2, 0.25) is 0 Å². The van der Waals surface area contributed by atoms with Crippen LogP contribution in [0.2, 0.25) is 0 Å². The number of hydrogen-bond donors (Lipinski definition) is 1. The normalized spacial score (nSPS) is 13.9. The Morgan fingerprint density at radius 3 is 2.35 bits per heavy atom.